The van der Waals surface area contributed by atoms with Gasteiger partial charge < -0.3 is 15.2 Å². The van der Waals surface area contributed by atoms with E-state index in [2.05, 4.69) is 4.90 Å². The van der Waals surface area contributed by atoms with Crippen LogP contribution in [0, 0.1) is 17.2 Å². The molecular weight excluding hydrogens is 428 g/mol. The maximum atomic E-state index is 13.6. The third kappa shape index (κ3) is 2.84. The van der Waals surface area contributed by atoms with Gasteiger partial charge in [0.15, 0.2) is 11.5 Å². The predicted octanol–water partition coefficient (Wildman–Crippen LogP) is 1.93. The molecule has 6 rings (SSSR count). The number of carbonyl (C=O) groups excluding carboxylic acids is 2. The van der Waals surface area contributed by atoms with E-state index in [1.165, 1.54) is 4.90 Å². The Morgan fingerprint density at radius 3 is 2.59 bits per heavy atom. The molecule has 0 saturated carbocycles. The van der Waals surface area contributed by atoms with Crippen molar-refractivity contribution in [3.05, 3.63) is 59.2 Å². The number of amides is 2. The number of hydrogen-bond donors (Lipinski definition) is 2. The molecule has 3 saturated heterocycles. The van der Waals surface area contributed by atoms with Crippen LogP contribution >= 0.6 is 11.8 Å². The zero-order valence-corrected chi connectivity index (χ0v) is 18.0. The monoisotopic (exact) mass is 450 g/mol. The second-order valence-electron chi connectivity index (χ2n) is 8.56. The van der Waals surface area contributed by atoms with Crippen LogP contribution in [0.4, 0.5) is 0 Å². The molecule has 0 radical (unpaired) electrons. The summed E-state index contributed by atoms with van der Waals surface area (Å²) in [7, 11) is 0. The summed E-state index contributed by atoms with van der Waals surface area (Å²) in [6.07, 6.45) is 0. The van der Waals surface area contributed by atoms with Crippen molar-refractivity contribution in [3.8, 4) is 11.5 Å². The Morgan fingerprint density at radius 1 is 1.06 bits per heavy atom. The van der Waals surface area contributed by atoms with Crippen LogP contribution in [0.25, 0.3) is 0 Å². The molecule has 4 heterocycles. The number of carbonyl (C=O) groups is 2. The molecule has 3 fully saturated rings. The van der Waals surface area contributed by atoms with E-state index in [4.69, 9.17) is 20.6 Å². The zero-order chi connectivity index (χ0) is 22.0. The van der Waals surface area contributed by atoms with Gasteiger partial charge in [0.05, 0.1) is 18.4 Å². The van der Waals surface area contributed by atoms with Gasteiger partial charge in [-0.3, -0.25) is 24.8 Å². The predicted molar refractivity (Wildman–Crippen MR) is 118 cm³/mol. The molecule has 2 aromatic carbocycles. The van der Waals surface area contributed by atoms with Crippen LogP contribution in [0.1, 0.15) is 22.7 Å². The number of imide groups is 1. The third-order valence-corrected chi connectivity index (χ3v) is 7.96. The number of likely N-dealkylation sites (tertiary alicyclic amines) is 1. The first-order valence-electron chi connectivity index (χ1n) is 10.5. The molecule has 0 unspecified atom stereocenters. The van der Waals surface area contributed by atoms with Crippen LogP contribution in [0.5, 0.6) is 11.5 Å². The minimum absolute atomic E-state index is 0.0116. The van der Waals surface area contributed by atoms with Crippen LogP contribution in [0.2, 0.25) is 0 Å². The average Bonchev–Trinajstić information content (AvgIpc) is 3.54. The summed E-state index contributed by atoms with van der Waals surface area (Å²) in [5.41, 5.74) is 8.08. The Balaban J connectivity index is 1.32. The summed E-state index contributed by atoms with van der Waals surface area (Å²) in [5, 5.41) is 7.63. The highest BCUT2D eigenvalue weighted by molar-refractivity contribution is 7.99. The van der Waals surface area contributed by atoms with Gasteiger partial charge in [0.1, 0.15) is 5.84 Å². The van der Waals surface area contributed by atoms with E-state index in [9.17, 15) is 9.59 Å². The van der Waals surface area contributed by atoms with Gasteiger partial charge >= 0.3 is 0 Å². The Bertz CT molecular complexity index is 1140. The maximum absolute atomic E-state index is 13.6. The highest BCUT2D eigenvalue weighted by atomic mass is 32.2. The molecule has 0 aromatic heterocycles. The van der Waals surface area contributed by atoms with Gasteiger partial charge in [0.25, 0.3) is 0 Å². The number of nitrogens with zero attached hydrogens (tertiary/aromatic N) is 2. The summed E-state index contributed by atoms with van der Waals surface area (Å²) >= 11 is 1.80. The van der Waals surface area contributed by atoms with Crippen molar-refractivity contribution in [2.24, 2.45) is 17.6 Å². The van der Waals surface area contributed by atoms with Gasteiger partial charge in [-0.05, 0) is 23.3 Å². The van der Waals surface area contributed by atoms with Gasteiger partial charge in [-0.1, -0.05) is 30.3 Å². The van der Waals surface area contributed by atoms with E-state index in [1.54, 1.807) is 11.8 Å². The maximum Gasteiger partial charge on any atom is 0.235 e. The number of nitrogens with two attached hydrogens (primary N) is 1. The molecule has 0 spiro atoms. The molecule has 8 nitrogen and oxygen atoms in total. The second kappa shape index (κ2) is 7.25. The standard InChI is InChI=1S/C23H22N4O4S/c24-21(25)14-4-2-13(3-5-14)20-19-18(15-9-32-10-27(15)20)22(28)26(23(19)29)8-12-1-6-16-17(7-12)31-11-30-16/h1-7,15,18-20H,8-11H2,(H3,24,25)/t15-,18-,19-,20-/m0/s1. The first kappa shape index (κ1) is 19.6. The normalized spacial score (nSPS) is 28.3. The Morgan fingerprint density at radius 2 is 1.81 bits per heavy atom. The SMILES string of the molecule is N=C(N)c1ccc([C@H]2[C@H]3C(=O)N(Cc4ccc5c(c4)OCO5)C(=O)[C@H]3[C@@H]3CSCN32)cc1. The van der Waals surface area contributed by atoms with Gasteiger partial charge in [-0.15, -0.1) is 11.8 Å². The van der Waals surface area contributed by atoms with Crippen LogP contribution < -0.4 is 15.2 Å². The molecule has 3 N–H and O–H groups in total. The van der Waals surface area contributed by atoms with E-state index in [0.717, 1.165) is 22.8 Å². The number of thioether (sulfide) groups is 1. The van der Waals surface area contributed by atoms with E-state index >= 15 is 0 Å². The minimum atomic E-state index is -0.398. The van der Waals surface area contributed by atoms with Crippen molar-refractivity contribution in [2.75, 3.05) is 18.4 Å². The molecular formula is C23H22N4O4S. The first-order valence-corrected chi connectivity index (χ1v) is 11.7. The molecule has 2 aromatic rings. The Labute approximate surface area is 189 Å². The van der Waals surface area contributed by atoms with Crippen molar-refractivity contribution < 1.29 is 19.1 Å². The van der Waals surface area contributed by atoms with Crippen molar-refractivity contribution in [1.82, 2.24) is 9.80 Å². The zero-order valence-electron chi connectivity index (χ0n) is 17.2. The molecule has 4 aliphatic rings. The summed E-state index contributed by atoms with van der Waals surface area (Å²) in [4.78, 5) is 30.8. The summed E-state index contributed by atoms with van der Waals surface area (Å²) in [6.45, 7) is 0.418. The van der Waals surface area contributed by atoms with Crippen molar-refractivity contribution in [2.45, 2.75) is 18.6 Å². The lowest BCUT2D eigenvalue weighted by atomic mass is 9.86. The van der Waals surface area contributed by atoms with E-state index in [-0.39, 0.29) is 49.0 Å². The average molecular weight is 451 g/mol. The highest BCUT2D eigenvalue weighted by Gasteiger charge is 2.63. The number of rotatable bonds is 4. The Kier molecular flexibility index (Phi) is 4.44. The van der Waals surface area contributed by atoms with Crippen LogP contribution in [-0.4, -0.2) is 51.9 Å². The number of nitrogens with one attached hydrogen (secondary N) is 1. The molecule has 0 bridgehead atoms. The third-order valence-electron chi connectivity index (χ3n) is 6.90. The molecule has 164 valence electrons. The molecule has 32 heavy (non-hydrogen) atoms. The van der Waals surface area contributed by atoms with E-state index < -0.39 is 5.92 Å². The number of fused-ring (bicyclic) bond motifs is 4. The van der Waals surface area contributed by atoms with Gasteiger partial charge in [-0.25, -0.2) is 0 Å². The van der Waals surface area contributed by atoms with Crippen molar-refractivity contribution in [3.63, 3.8) is 0 Å². The fourth-order valence-corrected chi connectivity index (χ4v) is 6.73. The number of nitrogen functional groups attached to an aromatic ring is 1. The first-order chi connectivity index (χ1) is 15.5. The molecule has 4 aliphatic heterocycles. The summed E-state index contributed by atoms with van der Waals surface area (Å²) in [5.74, 6) is 2.06. The van der Waals surface area contributed by atoms with Crippen molar-refractivity contribution >= 4 is 29.4 Å². The topological polar surface area (TPSA) is 109 Å². The summed E-state index contributed by atoms with van der Waals surface area (Å²) in [6, 6.07) is 12.9. The van der Waals surface area contributed by atoms with Gasteiger partial charge in [-0.2, -0.15) is 0 Å². The number of ether oxygens (including phenoxy) is 2. The lowest BCUT2D eigenvalue weighted by molar-refractivity contribution is -0.142. The molecule has 2 amide bonds. The van der Waals surface area contributed by atoms with Gasteiger partial charge in [0, 0.05) is 29.3 Å². The van der Waals surface area contributed by atoms with E-state index in [1.807, 2.05) is 42.5 Å². The van der Waals surface area contributed by atoms with Crippen LogP contribution in [-0.2, 0) is 16.1 Å². The second-order valence-corrected chi connectivity index (χ2v) is 9.56. The summed E-state index contributed by atoms with van der Waals surface area (Å²) < 4.78 is 10.8. The van der Waals surface area contributed by atoms with Crippen LogP contribution in [0.3, 0.4) is 0 Å². The van der Waals surface area contributed by atoms with Crippen molar-refractivity contribution in [1.29, 1.82) is 5.41 Å². The number of amidine groups is 1. The minimum Gasteiger partial charge on any atom is -0.454 e. The lowest BCUT2D eigenvalue weighted by Crippen LogP contribution is -2.39. The largest absolute Gasteiger partial charge is 0.454 e. The fraction of sp³-hybridized carbons (Fsp3) is 0.348. The molecule has 9 heteroatoms. The molecule has 4 atom stereocenters. The number of benzene rings is 2. The highest BCUT2D eigenvalue weighted by Crippen LogP contribution is 2.53. The van der Waals surface area contributed by atoms with Crippen LogP contribution in [0.15, 0.2) is 42.5 Å². The smallest absolute Gasteiger partial charge is 0.235 e. The molecule has 0 aliphatic carbocycles. The Hall–Kier alpha value is -3.04. The number of hydrogen-bond acceptors (Lipinski definition) is 7. The fourth-order valence-electron chi connectivity index (χ4n) is 5.42. The lowest BCUT2D eigenvalue weighted by Gasteiger charge is -2.28. The van der Waals surface area contributed by atoms with E-state index in [0.29, 0.717) is 17.1 Å². The quantitative estimate of drug-likeness (QED) is 0.416. The van der Waals surface area contributed by atoms with Gasteiger partial charge in [0.2, 0.25) is 18.6 Å².